The topological polar surface area (TPSA) is 88.7 Å². The van der Waals surface area contributed by atoms with E-state index in [4.69, 9.17) is 21.7 Å². The second kappa shape index (κ2) is 11.4. The van der Waals surface area contributed by atoms with Crippen molar-refractivity contribution in [1.29, 1.82) is 0 Å². The second-order valence-corrected chi connectivity index (χ2v) is 8.97. The van der Waals surface area contributed by atoms with Crippen LogP contribution in [0.25, 0.3) is 0 Å². The number of nitrogens with one attached hydrogen (secondary N) is 3. The predicted octanol–water partition coefficient (Wildman–Crippen LogP) is 4.27. The molecule has 0 aliphatic carbocycles. The van der Waals surface area contributed by atoms with E-state index in [1.165, 1.54) is 0 Å². The highest BCUT2D eigenvalue weighted by Gasteiger charge is 2.18. The van der Waals surface area contributed by atoms with Gasteiger partial charge in [0.1, 0.15) is 5.75 Å². The average molecular weight is 520 g/mol. The molecule has 2 amide bonds. The molecule has 7 nitrogen and oxygen atoms in total. The lowest BCUT2D eigenvalue weighted by molar-refractivity contribution is 0.0857. The Kier molecular flexibility index (Phi) is 8.60. The molecule has 0 radical (unpaired) electrons. The molecule has 1 saturated heterocycles. The number of carbonyl (C=O) groups is 2. The number of benzene rings is 2. The summed E-state index contributed by atoms with van der Waals surface area (Å²) >= 11 is 8.67. The van der Waals surface area contributed by atoms with E-state index in [0.29, 0.717) is 29.1 Å². The van der Waals surface area contributed by atoms with Gasteiger partial charge in [0.05, 0.1) is 17.8 Å². The Labute approximate surface area is 201 Å². The van der Waals surface area contributed by atoms with Crippen molar-refractivity contribution in [2.45, 2.75) is 38.9 Å². The summed E-state index contributed by atoms with van der Waals surface area (Å²) in [4.78, 5) is 25.2. The van der Waals surface area contributed by atoms with Crippen LogP contribution in [0.15, 0.2) is 46.9 Å². The molecule has 1 fully saturated rings. The van der Waals surface area contributed by atoms with Gasteiger partial charge in [-0.2, -0.15) is 0 Å². The van der Waals surface area contributed by atoms with E-state index in [2.05, 4.69) is 31.9 Å². The smallest absolute Gasteiger partial charge is 0.261 e. The third kappa shape index (κ3) is 7.01. The van der Waals surface area contributed by atoms with Gasteiger partial charge in [-0.3, -0.25) is 14.9 Å². The summed E-state index contributed by atoms with van der Waals surface area (Å²) in [6, 6.07) is 12.1. The standard InChI is InChI=1S/C23H26BrN3O4S/c1-14(2)31-20-9-8-16(24)12-19(20)22(29)27-23(32)26-17-6-3-5-15(11-17)21(28)25-13-18-7-4-10-30-18/h3,5-6,8-9,11-12,14,18H,4,7,10,13H2,1-2H3,(H,25,28)(H2,26,27,29,32). The van der Waals surface area contributed by atoms with Crippen LogP contribution in [-0.2, 0) is 4.74 Å². The molecule has 170 valence electrons. The van der Waals surface area contributed by atoms with Gasteiger partial charge < -0.3 is 20.1 Å². The van der Waals surface area contributed by atoms with Gasteiger partial charge in [-0.05, 0) is 75.3 Å². The Morgan fingerprint density at radius 1 is 1.22 bits per heavy atom. The largest absolute Gasteiger partial charge is 0.490 e. The molecule has 1 aliphatic rings. The molecule has 2 aromatic rings. The van der Waals surface area contributed by atoms with Gasteiger partial charge in [0.15, 0.2) is 5.11 Å². The fraction of sp³-hybridized carbons (Fsp3) is 0.348. The number of hydrogen-bond acceptors (Lipinski definition) is 5. The van der Waals surface area contributed by atoms with Crippen LogP contribution in [-0.4, -0.2) is 42.3 Å². The van der Waals surface area contributed by atoms with E-state index in [-0.39, 0.29) is 23.2 Å². The minimum absolute atomic E-state index is 0.0747. The maximum atomic E-state index is 12.8. The van der Waals surface area contributed by atoms with E-state index in [1.54, 1.807) is 42.5 Å². The molecule has 2 aromatic carbocycles. The predicted molar refractivity (Wildman–Crippen MR) is 131 cm³/mol. The SMILES string of the molecule is CC(C)Oc1ccc(Br)cc1C(=O)NC(=S)Nc1cccc(C(=O)NCC2CCCO2)c1. The number of rotatable bonds is 7. The van der Waals surface area contributed by atoms with Gasteiger partial charge >= 0.3 is 0 Å². The van der Waals surface area contributed by atoms with Gasteiger partial charge in [0.2, 0.25) is 0 Å². The maximum absolute atomic E-state index is 12.8. The van der Waals surface area contributed by atoms with Crippen LogP contribution >= 0.6 is 28.1 Å². The summed E-state index contributed by atoms with van der Waals surface area (Å²) in [6.45, 7) is 5.01. The van der Waals surface area contributed by atoms with Crippen molar-refractivity contribution in [3.63, 3.8) is 0 Å². The minimum Gasteiger partial charge on any atom is -0.490 e. The lowest BCUT2D eigenvalue weighted by Crippen LogP contribution is -2.34. The Morgan fingerprint density at radius 2 is 2.03 bits per heavy atom. The summed E-state index contributed by atoms with van der Waals surface area (Å²) in [7, 11) is 0. The molecule has 1 aliphatic heterocycles. The highest BCUT2D eigenvalue weighted by Crippen LogP contribution is 2.24. The molecule has 3 N–H and O–H groups in total. The second-order valence-electron chi connectivity index (χ2n) is 7.64. The van der Waals surface area contributed by atoms with E-state index in [1.807, 2.05) is 13.8 Å². The van der Waals surface area contributed by atoms with Crippen LogP contribution in [0, 0.1) is 0 Å². The first-order valence-corrected chi connectivity index (χ1v) is 11.6. The monoisotopic (exact) mass is 519 g/mol. The normalized spacial score (nSPS) is 15.3. The first-order valence-electron chi connectivity index (χ1n) is 10.4. The van der Waals surface area contributed by atoms with Gasteiger partial charge in [-0.25, -0.2) is 0 Å². The lowest BCUT2D eigenvalue weighted by Gasteiger charge is -2.15. The quantitative estimate of drug-likeness (QED) is 0.473. The zero-order valence-corrected chi connectivity index (χ0v) is 20.3. The number of halogens is 1. The number of thiocarbonyl (C=S) groups is 1. The first-order chi connectivity index (χ1) is 15.3. The van der Waals surface area contributed by atoms with E-state index < -0.39 is 5.91 Å². The molecule has 0 bridgehead atoms. The molecule has 32 heavy (non-hydrogen) atoms. The lowest BCUT2D eigenvalue weighted by atomic mass is 10.1. The number of hydrogen-bond donors (Lipinski definition) is 3. The Morgan fingerprint density at radius 3 is 2.75 bits per heavy atom. The summed E-state index contributed by atoms with van der Waals surface area (Å²) in [5.74, 6) is -0.123. The van der Waals surface area contributed by atoms with Crippen LogP contribution in [0.1, 0.15) is 47.4 Å². The molecule has 1 heterocycles. The van der Waals surface area contributed by atoms with Crippen molar-refractivity contribution < 1.29 is 19.1 Å². The molecular formula is C23H26BrN3O4S. The van der Waals surface area contributed by atoms with Crippen LogP contribution < -0.4 is 20.7 Å². The number of ether oxygens (including phenoxy) is 2. The third-order valence-corrected chi connectivity index (χ3v) is 5.37. The van der Waals surface area contributed by atoms with Crippen LogP contribution in [0.3, 0.4) is 0 Å². The van der Waals surface area contributed by atoms with Gasteiger partial charge in [-0.15, -0.1) is 0 Å². The van der Waals surface area contributed by atoms with Gasteiger partial charge in [-0.1, -0.05) is 22.0 Å². The fourth-order valence-electron chi connectivity index (χ4n) is 3.22. The van der Waals surface area contributed by atoms with Crippen molar-refractivity contribution in [2.75, 3.05) is 18.5 Å². The van der Waals surface area contributed by atoms with E-state index in [0.717, 1.165) is 23.9 Å². The van der Waals surface area contributed by atoms with Gasteiger partial charge in [0, 0.05) is 28.9 Å². The maximum Gasteiger partial charge on any atom is 0.261 e. The van der Waals surface area contributed by atoms with E-state index >= 15 is 0 Å². The summed E-state index contributed by atoms with van der Waals surface area (Å²) < 4.78 is 12.0. The first kappa shape index (κ1) is 24.2. The Balaban J connectivity index is 1.60. The zero-order chi connectivity index (χ0) is 23.1. The van der Waals surface area contributed by atoms with Crippen LogP contribution in [0.5, 0.6) is 5.75 Å². The molecular weight excluding hydrogens is 494 g/mol. The Hall–Kier alpha value is -2.49. The third-order valence-electron chi connectivity index (χ3n) is 4.67. The molecule has 9 heteroatoms. The minimum atomic E-state index is -0.398. The van der Waals surface area contributed by atoms with E-state index in [9.17, 15) is 9.59 Å². The van der Waals surface area contributed by atoms with Gasteiger partial charge in [0.25, 0.3) is 11.8 Å². The highest BCUT2D eigenvalue weighted by atomic mass is 79.9. The summed E-state index contributed by atoms with van der Waals surface area (Å²) in [6.07, 6.45) is 1.97. The van der Waals surface area contributed by atoms with Crippen molar-refractivity contribution >= 4 is 50.8 Å². The molecule has 0 aromatic heterocycles. The van der Waals surface area contributed by atoms with Crippen molar-refractivity contribution in [3.8, 4) is 5.75 Å². The molecule has 0 saturated carbocycles. The number of amides is 2. The Bertz CT molecular complexity index is 993. The van der Waals surface area contributed by atoms with Crippen LogP contribution in [0.2, 0.25) is 0 Å². The van der Waals surface area contributed by atoms with Crippen molar-refractivity contribution in [2.24, 2.45) is 0 Å². The summed E-state index contributed by atoms with van der Waals surface area (Å²) in [5, 5.41) is 8.61. The van der Waals surface area contributed by atoms with Crippen LogP contribution in [0.4, 0.5) is 5.69 Å². The molecule has 3 rings (SSSR count). The van der Waals surface area contributed by atoms with Crippen molar-refractivity contribution in [3.05, 3.63) is 58.1 Å². The zero-order valence-electron chi connectivity index (χ0n) is 17.9. The fourth-order valence-corrected chi connectivity index (χ4v) is 3.79. The van der Waals surface area contributed by atoms with Crippen molar-refractivity contribution in [1.82, 2.24) is 10.6 Å². The average Bonchev–Trinajstić information content (AvgIpc) is 3.26. The number of carbonyl (C=O) groups excluding carboxylic acids is 2. The molecule has 1 unspecified atom stereocenters. The highest BCUT2D eigenvalue weighted by molar-refractivity contribution is 9.10. The summed E-state index contributed by atoms with van der Waals surface area (Å²) in [5.41, 5.74) is 1.44. The number of anilines is 1. The molecule has 0 spiro atoms. The molecule has 1 atom stereocenters.